The summed E-state index contributed by atoms with van der Waals surface area (Å²) in [5.74, 6) is 0.933. The standard InChI is InChI=1S/C23H27ClN2O2/c24-20-9-7-18(8-10-20)23(27)25-13-12-17-6-11-22-19(14-17)15-26(16-28-22)21-4-2-1-3-5-21/h6-11,14,21H,1-5,12-13,15-16H2,(H,25,27). The molecule has 2 aromatic rings. The maximum Gasteiger partial charge on any atom is 0.251 e. The SMILES string of the molecule is O=C(NCCc1ccc2c(c1)CN(C1CCCCC1)CO2)c1ccc(Cl)cc1. The molecule has 0 saturated heterocycles. The summed E-state index contributed by atoms with van der Waals surface area (Å²) in [6, 6.07) is 14.0. The fourth-order valence-electron chi connectivity index (χ4n) is 4.17. The van der Waals surface area contributed by atoms with Crippen molar-refractivity contribution in [2.24, 2.45) is 0 Å². The van der Waals surface area contributed by atoms with E-state index in [2.05, 4.69) is 28.4 Å². The van der Waals surface area contributed by atoms with Crippen molar-refractivity contribution in [1.82, 2.24) is 10.2 Å². The van der Waals surface area contributed by atoms with Crippen LogP contribution in [-0.2, 0) is 13.0 Å². The molecule has 2 aromatic carbocycles. The molecule has 28 heavy (non-hydrogen) atoms. The minimum atomic E-state index is -0.0681. The molecule has 1 N–H and O–H groups in total. The molecule has 1 amide bonds. The molecule has 1 aliphatic heterocycles. The molecule has 0 atom stereocenters. The van der Waals surface area contributed by atoms with E-state index in [1.165, 1.54) is 43.2 Å². The van der Waals surface area contributed by atoms with Crippen molar-refractivity contribution >= 4 is 17.5 Å². The molecule has 148 valence electrons. The fraction of sp³-hybridized carbons (Fsp3) is 0.435. The zero-order valence-corrected chi connectivity index (χ0v) is 16.9. The van der Waals surface area contributed by atoms with Gasteiger partial charge in [0.15, 0.2) is 0 Å². The number of hydrogen-bond acceptors (Lipinski definition) is 3. The highest BCUT2D eigenvalue weighted by atomic mass is 35.5. The van der Waals surface area contributed by atoms with Crippen molar-refractivity contribution in [3.05, 3.63) is 64.2 Å². The van der Waals surface area contributed by atoms with Crippen LogP contribution < -0.4 is 10.1 Å². The van der Waals surface area contributed by atoms with E-state index in [1.54, 1.807) is 24.3 Å². The lowest BCUT2D eigenvalue weighted by Gasteiger charge is -2.37. The van der Waals surface area contributed by atoms with E-state index >= 15 is 0 Å². The number of ether oxygens (including phenoxy) is 1. The highest BCUT2D eigenvalue weighted by Gasteiger charge is 2.25. The van der Waals surface area contributed by atoms with Gasteiger partial charge in [-0.05, 0) is 55.2 Å². The Balaban J connectivity index is 1.32. The molecule has 0 spiro atoms. The van der Waals surface area contributed by atoms with Crippen molar-refractivity contribution in [2.75, 3.05) is 13.3 Å². The summed E-state index contributed by atoms with van der Waals surface area (Å²) in [6.07, 6.45) is 7.41. The molecule has 0 aromatic heterocycles. The Labute approximate surface area is 171 Å². The highest BCUT2D eigenvalue weighted by molar-refractivity contribution is 6.30. The first-order chi connectivity index (χ1) is 13.7. The Kier molecular flexibility index (Phi) is 6.18. The maximum atomic E-state index is 12.2. The van der Waals surface area contributed by atoms with Crippen LogP contribution in [-0.4, -0.2) is 30.1 Å². The lowest BCUT2D eigenvalue weighted by atomic mass is 9.93. The first-order valence-corrected chi connectivity index (χ1v) is 10.6. The van der Waals surface area contributed by atoms with Gasteiger partial charge in [0, 0.05) is 35.3 Å². The summed E-state index contributed by atoms with van der Waals surface area (Å²) in [5.41, 5.74) is 3.12. The normalized spacial score (nSPS) is 17.6. The number of hydrogen-bond donors (Lipinski definition) is 1. The third-order valence-corrected chi connectivity index (χ3v) is 6.03. The molecule has 1 aliphatic carbocycles. The van der Waals surface area contributed by atoms with Crippen LogP contribution in [0.25, 0.3) is 0 Å². The van der Waals surface area contributed by atoms with Crippen LogP contribution in [0.4, 0.5) is 0 Å². The number of benzene rings is 2. The van der Waals surface area contributed by atoms with E-state index in [9.17, 15) is 4.79 Å². The van der Waals surface area contributed by atoms with Gasteiger partial charge in [0.2, 0.25) is 0 Å². The van der Waals surface area contributed by atoms with Crippen LogP contribution >= 0.6 is 11.6 Å². The van der Waals surface area contributed by atoms with Crippen molar-refractivity contribution < 1.29 is 9.53 Å². The van der Waals surface area contributed by atoms with Gasteiger partial charge >= 0.3 is 0 Å². The number of amides is 1. The number of halogens is 1. The Bertz CT molecular complexity index is 816. The second-order valence-electron chi connectivity index (χ2n) is 7.77. The second-order valence-corrected chi connectivity index (χ2v) is 8.20. The lowest BCUT2D eigenvalue weighted by Crippen LogP contribution is -2.41. The average Bonchev–Trinajstić information content (AvgIpc) is 2.74. The van der Waals surface area contributed by atoms with Gasteiger partial charge in [-0.3, -0.25) is 9.69 Å². The molecule has 0 unspecified atom stereocenters. The van der Waals surface area contributed by atoms with Gasteiger partial charge in [-0.2, -0.15) is 0 Å². The maximum absolute atomic E-state index is 12.2. The molecule has 1 heterocycles. The summed E-state index contributed by atoms with van der Waals surface area (Å²) in [7, 11) is 0. The van der Waals surface area contributed by atoms with E-state index in [4.69, 9.17) is 16.3 Å². The summed E-state index contributed by atoms with van der Waals surface area (Å²) in [5, 5.41) is 3.62. The second kappa shape index (κ2) is 8.97. The minimum Gasteiger partial charge on any atom is -0.478 e. The largest absolute Gasteiger partial charge is 0.478 e. The third kappa shape index (κ3) is 4.68. The highest BCUT2D eigenvalue weighted by Crippen LogP contribution is 2.31. The van der Waals surface area contributed by atoms with Crippen LogP contribution in [0.1, 0.15) is 53.6 Å². The molecule has 5 heteroatoms. The Morgan fingerprint density at radius 3 is 2.68 bits per heavy atom. The number of nitrogens with zero attached hydrogens (tertiary/aromatic N) is 1. The number of rotatable bonds is 5. The van der Waals surface area contributed by atoms with Gasteiger partial charge in [-0.1, -0.05) is 43.0 Å². The van der Waals surface area contributed by atoms with Gasteiger partial charge in [0.25, 0.3) is 5.91 Å². The van der Waals surface area contributed by atoms with Crippen LogP contribution in [0.15, 0.2) is 42.5 Å². The van der Waals surface area contributed by atoms with E-state index in [-0.39, 0.29) is 5.91 Å². The predicted octanol–water partition coefficient (Wildman–Crippen LogP) is 4.80. The molecule has 4 rings (SSSR count). The van der Waals surface area contributed by atoms with Gasteiger partial charge < -0.3 is 10.1 Å². The number of carbonyl (C=O) groups excluding carboxylic acids is 1. The zero-order valence-electron chi connectivity index (χ0n) is 16.1. The van der Waals surface area contributed by atoms with Gasteiger partial charge in [-0.25, -0.2) is 0 Å². The molecule has 0 bridgehead atoms. The van der Waals surface area contributed by atoms with Crippen LogP contribution in [0, 0.1) is 0 Å². The van der Waals surface area contributed by atoms with Crippen molar-refractivity contribution in [3.8, 4) is 5.75 Å². The molecule has 1 fully saturated rings. The number of carbonyl (C=O) groups is 1. The van der Waals surface area contributed by atoms with E-state index < -0.39 is 0 Å². The quantitative estimate of drug-likeness (QED) is 0.786. The monoisotopic (exact) mass is 398 g/mol. The Morgan fingerprint density at radius 1 is 1.11 bits per heavy atom. The van der Waals surface area contributed by atoms with Crippen molar-refractivity contribution in [3.63, 3.8) is 0 Å². The average molecular weight is 399 g/mol. The van der Waals surface area contributed by atoms with E-state index in [0.717, 1.165) is 18.7 Å². The zero-order chi connectivity index (χ0) is 19.3. The summed E-state index contributed by atoms with van der Waals surface area (Å²) in [6.45, 7) is 2.27. The van der Waals surface area contributed by atoms with Crippen LogP contribution in [0.5, 0.6) is 5.75 Å². The third-order valence-electron chi connectivity index (χ3n) is 5.78. The topological polar surface area (TPSA) is 41.6 Å². The van der Waals surface area contributed by atoms with E-state index in [0.29, 0.717) is 29.9 Å². The molecule has 1 saturated carbocycles. The molecule has 2 aliphatic rings. The number of nitrogens with one attached hydrogen (secondary N) is 1. The predicted molar refractivity (Wildman–Crippen MR) is 112 cm³/mol. The van der Waals surface area contributed by atoms with Gasteiger partial charge in [0.1, 0.15) is 12.5 Å². The fourth-order valence-corrected chi connectivity index (χ4v) is 4.30. The molecule has 4 nitrogen and oxygen atoms in total. The molecular weight excluding hydrogens is 372 g/mol. The summed E-state index contributed by atoms with van der Waals surface area (Å²) >= 11 is 5.87. The van der Waals surface area contributed by atoms with E-state index in [1.807, 2.05) is 0 Å². The van der Waals surface area contributed by atoms with Gasteiger partial charge in [-0.15, -0.1) is 0 Å². The summed E-state index contributed by atoms with van der Waals surface area (Å²) < 4.78 is 6.00. The summed E-state index contributed by atoms with van der Waals surface area (Å²) in [4.78, 5) is 14.7. The smallest absolute Gasteiger partial charge is 0.251 e. The lowest BCUT2D eigenvalue weighted by molar-refractivity contribution is 0.0403. The van der Waals surface area contributed by atoms with Crippen molar-refractivity contribution in [1.29, 1.82) is 0 Å². The van der Waals surface area contributed by atoms with Crippen molar-refractivity contribution in [2.45, 2.75) is 51.1 Å². The molecular formula is C23H27ClN2O2. The number of fused-ring (bicyclic) bond motifs is 1. The Morgan fingerprint density at radius 2 is 1.89 bits per heavy atom. The van der Waals surface area contributed by atoms with Crippen LogP contribution in [0.2, 0.25) is 5.02 Å². The molecule has 0 radical (unpaired) electrons. The van der Waals surface area contributed by atoms with Gasteiger partial charge in [0.05, 0.1) is 0 Å². The Hall–Kier alpha value is -2.04. The minimum absolute atomic E-state index is 0.0681. The first-order valence-electron chi connectivity index (χ1n) is 10.2. The first kappa shape index (κ1) is 19.3. The van der Waals surface area contributed by atoms with Crippen LogP contribution in [0.3, 0.4) is 0 Å².